The number of carbonyl (C=O) groups is 4. The molecule has 2 aromatic rings. The molecule has 0 aromatic heterocycles. The van der Waals surface area contributed by atoms with Crippen LogP contribution in [-0.4, -0.2) is 81.1 Å². The van der Waals surface area contributed by atoms with Gasteiger partial charge in [0.2, 0.25) is 23.6 Å². The Balaban J connectivity index is 1.83. The van der Waals surface area contributed by atoms with E-state index in [1.54, 1.807) is 12.1 Å². The minimum Gasteiger partial charge on any atom is -0.370 e. The zero-order valence-electron chi connectivity index (χ0n) is 28.1. The summed E-state index contributed by atoms with van der Waals surface area (Å²) in [5.41, 5.74) is 17.6. The molecule has 12 N–H and O–H groups in total. The number of sulfone groups is 1. The lowest BCUT2D eigenvalue weighted by Crippen LogP contribution is -2.56. The van der Waals surface area contributed by atoms with Gasteiger partial charge in [0.05, 0.1) is 10.9 Å². The van der Waals surface area contributed by atoms with E-state index in [0.29, 0.717) is 37.6 Å². The van der Waals surface area contributed by atoms with Gasteiger partial charge in [0.15, 0.2) is 15.8 Å². The summed E-state index contributed by atoms with van der Waals surface area (Å²) < 4.78 is 26.3. The fourth-order valence-electron chi connectivity index (χ4n) is 4.98. The number of benzene rings is 2. The molecule has 16 heteroatoms. The third-order valence-electron chi connectivity index (χ3n) is 7.78. The molecule has 15 nitrogen and oxygen atoms in total. The van der Waals surface area contributed by atoms with Crippen molar-refractivity contribution in [2.24, 2.45) is 17.2 Å². The Morgan fingerprint density at radius 3 is 2.06 bits per heavy atom. The van der Waals surface area contributed by atoms with Crippen molar-refractivity contribution >= 4 is 50.2 Å². The average Bonchev–Trinajstić information content (AvgIpc) is 3.02. The normalized spacial score (nSPS) is 14.0. The summed E-state index contributed by atoms with van der Waals surface area (Å²) in [6.07, 6.45) is 1.91. The Morgan fingerprint density at radius 2 is 1.42 bits per heavy atom. The molecule has 0 fully saturated rings. The van der Waals surface area contributed by atoms with E-state index in [2.05, 4.69) is 40.4 Å². The minimum absolute atomic E-state index is 0.153. The van der Waals surface area contributed by atoms with E-state index >= 15 is 0 Å². The zero-order chi connectivity index (χ0) is 36.0. The topological polar surface area (TPSA) is 264 Å². The van der Waals surface area contributed by atoms with Gasteiger partial charge in [-0.25, -0.2) is 8.42 Å². The summed E-state index contributed by atoms with van der Waals surface area (Å²) >= 11 is 0. The van der Waals surface area contributed by atoms with Crippen molar-refractivity contribution in [3.05, 3.63) is 42.0 Å². The summed E-state index contributed by atoms with van der Waals surface area (Å²) in [5.74, 6) is -2.80. The summed E-state index contributed by atoms with van der Waals surface area (Å²) in [5, 5.41) is 22.0. The van der Waals surface area contributed by atoms with Crippen molar-refractivity contribution in [3.8, 4) is 0 Å². The third kappa shape index (κ3) is 12.4. The number of guanidine groups is 1. The number of hydrogen-bond donors (Lipinski definition) is 9. The van der Waals surface area contributed by atoms with Crippen LogP contribution in [-0.2, 0) is 29.0 Å². The molecule has 0 spiro atoms. The molecule has 266 valence electrons. The summed E-state index contributed by atoms with van der Waals surface area (Å²) in [6.45, 7) is 7.67. The van der Waals surface area contributed by atoms with Crippen molar-refractivity contribution in [1.82, 2.24) is 26.6 Å². The maximum absolute atomic E-state index is 13.2. The molecule has 0 heterocycles. The van der Waals surface area contributed by atoms with Crippen LogP contribution in [0.2, 0.25) is 0 Å². The van der Waals surface area contributed by atoms with Crippen molar-refractivity contribution in [2.45, 2.75) is 94.8 Å². The van der Waals surface area contributed by atoms with Crippen LogP contribution in [0.5, 0.6) is 0 Å². The van der Waals surface area contributed by atoms with Crippen LogP contribution in [0.1, 0.15) is 71.3 Å². The Hall–Kier alpha value is -4.28. The maximum Gasteiger partial charge on any atom is 0.243 e. The summed E-state index contributed by atoms with van der Waals surface area (Å²) in [7, 11) is -3.60. The molecule has 0 aliphatic rings. The quantitative estimate of drug-likeness (QED) is 0.0511. The molecule has 0 aliphatic heterocycles. The predicted octanol–water partition coefficient (Wildman–Crippen LogP) is 0.0244. The molecule has 0 saturated carbocycles. The lowest BCUT2D eigenvalue weighted by molar-refractivity contribution is -0.133. The van der Waals surface area contributed by atoms with E-state index in [1.165, 1.54) is 13.8 Å². The van der Waals surface area contributed by atoms with Crippen LogP contribution in [0, 0.1) is 5.41 Å². The highest BCUT2D eigenvalue weighted by atomic mass is 32.2. The summed E-state index contributed by atoms with van der Waals surface area (Å²) in [4.78, 5) is 49.9. The van der Waals surface area contributed by atoms with Gasteiger partial charge in [-0.15, -0.1) is 0 Å². The number of unbranched alkanes of at least 4 members (excludes halogenated alkanes) is 1. The molecular formula is C32H51N9O6S. The highest BCUT2D eigenvalue weighted by Gasteiger charge is 2.27. The zero-order valence-corrected chi connectivity index (χ0v) is 28.9. The van der Waals surface area contributed by atoms with E-state index in [4.69, 9.17) is 22.6 Å². The van der Waals surface area contributed by atoms with E-state index in [9.17, 15) is 27.6 Å². The number of fused-ring (bicyclic) bond motifs is 1. The molecule has 0 aliphatic carbocycles. The molecule has 4 amide bonds. The number of carbonyl (C=O) groups excluding carboxylic acids is 4. The van der Waals surface area contributed by atoms with Crippen LogP contribution >= 0.6 is 0 Å². The van der Waals surface area contributed by atoms with E-state index in [0.717, 1.165) is 10.9 Å². The van der Waals surface area contributed by atoms with Gasteiger partial charge in [0, 0.05) is 11.9 Å². The smallest absolute Gasteiger partial charge is 0.243 e. The van der Waals surface area contributed by atoms with E-state index in [-0.39, 0.29) is 35.6 Å². The largest absolute Gasteiger partial charge is 0.370 e. The second kappa shape index (κ2) is 18.9. The first-order chi connectivity index (χ1) is 22.5. The Kier molecular flexibility index (Phi) is 15.7. The van der Waals surface area contributed by atoms with Crippen LogP contribution in [0.3, 0.4) is 0 Å². The second-order valence-corrected chi connectivity index (χ2v) is 14.1. The third-order valence-corrected chi connectivity index (χ3v) is 9.39. The molecule has 4 atom stereocenters. The number of nitrogens with one attached hydrogen (secondary N) is 6. The molecule has 2 rings (SSSR count). The second-order valence-electron chi connectivity index (χ2n) is 12.1. The Morgan fingerprint density at radius 1 is 0.771 bits per heavy atom. The first kappa shape index (κ1) is 39.9. The van der Waals surface area contributed by atoms with Crippen molar-refractivity contribution < 1.29 is 27.6 Å². The van der Waals surface area contributed by atoms with Crippen molar-refractivity contribution in [1.29, 1.82) is 5.41 Å². The number of primary amides is 1. The van der Waals surface area contributed by atoms with Crippen LogP contribution in [0.4, 0.5) is 0 Å². The number of hydrogen-bond acceptors (Lipinski definition) is 9. The summed E-state index contributed by atoms with van der Waals surface area (Å²) in [6, 6.07) is 7.07. The molecule has 2 aromatic carbocycles. The van der Waals surface area contributed by atoms with Gasteiger partial charge in [0.1, 0.15) is 24.0 Å². The monoisotopic (exact) mass is 689 g/mol. The van der Waals surface area contributed by atoms with Crippen LogP contribution in [0.15, 0.2) is 41.3 Å². The number of rotatable bonds is 20. The number of nitrogens with two attached hydrogens (primary N) is 3. The fourth-order valence-corrected chi connectivity index (χ4v) is 6.34. The number of amides is 4. The molecular weight excluding hydrogens is 638 g/mol. The van der Waals surface area contributed by atoms with Gasteiger partial charge in [-0.05, 0) is 69.0 Å². The predicted molar refractivity (Wildman–Crippen MR) is 185 cm³/mol. The van der Waals surface area contributed by atoms with E-state index < -0.39 is 57.6 Å². The molecule has 4 unspecified atom stereocenters. The van der Waals surface area contributed by atoms with Gasteiger partial charge in [-0.2, -0.15) is 0 Å². The van der Waals surface area contributed by atoms with E-state index in [1.807, 2.05) is 24.3 Å². The molecule has 48 heavy (non-hydrogen) atoms. The first-order valence-corrected chi connectivity index (χ1v) is 17.7. The highest BCUT2D eigenvalue weighted by molar-refractivity contribution is 7.91. The maximum atomic E-state index is 13.2. The molecule has 0 saturated heterocycles. The van der Waals surface area contributed by atoms with Crippen LogP contribution < -0.4 is 43.8 Å². The van der Waals surface area contributed by atoms with Crippen LogP contribution in [0.25, 0.3) is 10.8 Å². The standard InChI is InChI=1S/C32H51N9O6S/c1-19(2)22-10-7-12-24-23(22)11-8-15-27(24)48(46,47)18-37-16-6-5-13-25(33)30(44)40-21(4)29(43)41-26(14-9-17-38-32(35)36)31(45)39-20(3)28(34)42/h7-8,10-12,15,19-21,25-26,37H,5-6,9,13-14,16-18,33H2,1-4H3,(H2,34,42)(H,39,45)(H,40,44)(H,41,43)(H4,35,36,38). The van der Waals surface area contributed by atoms with Gasteiger partial charge >= 0.3 is 0 Å². The van der Waals surface area contributed by atoms with Gasteiger partial charge in [-0.3, -0.25) is 24.6 Å². The van der Waals surface area contributed by atoms with Crippen molar-refractivity contribution in [2.75, 3.05) is 19.0 Å². The van der Waals surface area contributed by atoms with Crippen molar-refractivity contribution in [3.63, 3.8) is 0 Å². The molecule has 0 radical (unpaired) electrons. The first-order valence-electron chi connectivity index (χ1n) is 16.0. The lowest BCUT2D eigenvalue weighted by Gasteiger charge is -2.23. The van der Waals surface area contributed by atoms with Gasteiger partial charge in [0.25, 0.3) is 0 Å². The Bertz CT molecular complexity index is 1550. The van der Waals surface area contributed by atoms with Gasteiger partial charge < -0.3 is 43.8 Å². The lowest BCUT2D eigenvalue weighted by atomic mass is 9.96. The fraction of sp³-hybridized carbons (Fsp3) is 0.531. The Labute approximate surface area is 282 Å². The highest BCUT2D eigenvalue weighted by Crippen LogP contribution is 2.30. The minimum atomic E-state index is -3.60. The van der Waals surface area contributed by atoms with Gasteiger partial charge in [-0.1, -0.05) is 50.6 Å². The SMILES string of the molecule is CC(NC(=O)C(CCCNC(=N)N)NC(=O)C(C)NC(=O)C(N)CCCCNCS(=O)(=O)c1cccc2c(C(C)C)cccc12)C(N)=O. The molecule has 0 bridgehead atoms. The average molecular weight is 690 g/mol.